The van der Waals surface area contributed by atoms with Crippen molar-refractivity contribution < 1.29 is 0 Å². The third kappa shape index (κ3) is 2.13. The van der Waals surface area contributed by atoms with Crippen molar-refractivity contribution in [3.05, 3.63) is 0 Å². The molecule has 1 heterocycles. The summed E-state index contributed by atoms with van der Waals surface area (Å²) in [5.74, 6) is 0.731. The maximum Gasteiger partial charge on any atom is 0.0877 e. The molecule has 1 nitrogen and oxygen atoms in total. The van der Waals surface area contributed by atoms with Gasteiger partial charge in [0, 0.05) is 18.8 Å². The van der Waals surface area contributed by atoms with Gasteiger partial charge in [-0.05, 0) is 19.3 Å². The van der Waals surface area contributed by atoms with Gasteiger partial charge in [-0.2, -0.15) is 12.6 Å². The molecular weight excluding hydrogens is 162 g/mol. The molecule has 0 N–H and O–H groups in total. The average Bonchev–Trinajstić information content (AvgIpc) is 2.05. The fraction of sp³-hybridized carbons (Fsp3) is 0.857. The summed E-state index contributed by atoms with van der Waals surface area (Å²) in [6.07, 6.45) is 3.97. The lowest BCUT2D eigenvalue weighted by molar-refractivity contribution is 0.346. The van der Waals surface area contributed by atoms with E-state index in [0.29, 0.717) is 0 Å². The Kier molecular flexibility index (Phi) is 3.49. The number of rotatable bonds is 1. The number of thiol groups is 1. The summed E-state index contributed by atoms with van der Waals surface area (Å²) in [5, 5.41) is 0. The van der Waals surface area contributed by atoms with Crippen LogP contribution >= 0.6 is 24.8 Å². The maximum absolute atomic E-state index is 5.12. The van der Waals surface area contributed by atoms with Gasteiger partial charge in [-0.15, -0.1) is 0 Å². The van der Waals surface area contributed by atoms with E-state index in [-0.39, 0.29) is 0 Å². The summed E-state index contributed by atoms with van der Waals surface area (Å²) in [4.78, 5) is 3.29. The normalized spacial score (nSPS) is 19.1. The van der Waals surface area contributed by atoms with E-state index in [4.69, 9.17) is 12.2 Å². The van der Waals surface area contributed by atoms with Crippen molar-refractivity contribution in [1.82, 2.24) is 4.90 Å². The summed E-state index contributed by atoms with van der Waals surface area (Å²) in [6, 6.07) is 0. The van der Waals surface area contributed by atoms with Gasteiger partial charge in [0.1, 0.15) is 0 Å². The first-order chi connectivity index (χ1) is 4.84. The van der Waals surface area contributed by atoms with Crippen molar-refractivity contribution in [1.29, 1.82) is 0 Å². The fourth-order valence-electron chi connectivity index (χ4n) is 1.24. The molecule has 10 heavy (non-hydrogen) atoms. The van der Waals surface area contributed by atoms with Crippen molar-refractivity contribution in [3.63, 3.8) is 0 Å². The quantitative estimate of drug-likeness (QED) is 0.477. The van der Waals surface area contributed by atoms with E-state index in [1.54, 1.807) is 0 Å². The Morgan fingerprint density at radius 3 is 2.40 bits per heavy atom. The van der Waals surface area contributed by atoms with E-state index in [2.05, 4.69) is 17.5 Å². The molecule has 0 aliphatic carbocycles. The first-order valence-corrected chi connectivity index (χ1v) is 4.77. The fourth-order valence-corrected chi connectivity index (χ4v) is 1.63. The smallest absolute Gasteiger partial charge is 0.0877 e. The van der Waals surface area contributed by atoms with Crippen LogP contribution in [0.5, 0.6) is 0 Å². The molecule has 0 aromatic heterocycles. The standard InChI is InChI=1S/C7H13NS2/c9-6-7(10)8-4-2-1-3-5-8/h9H,1-6H2. The third-order valence-corrected chi connectivity index (χ3v) is 2.76. The second-order valence-corrected chi connectivity index (χ2v) is 3.39. The highest BCUT2D eigenvalue weighted by atomic mass is 32.1. The molecular formula is C7H13NS2. The first-order valence-electron chi connectivity index (χ1n) is 3.73. The van der Waals surface area contributed by atoms with Crippen LogP contribution in [0.2, 0.25) is 0 Å². The summed E-state index contributed by atoms with van der Waals surface area (Å²) in [7, 11) is 0. The highest BCUT2D eigenvalue weighted by molar-refractivity contribution is 7.86. The molecule has 0 saturated carbocycles. The molecule has 1 aliphatic rings. The molecule has 0 unspecified atom stereocenters. The number of hydrogen-bond acceptors (Lipinski definition) is 2. The van der Waals surface area contributed by atoms with Crippen molar-refractivity contribution >= 4 is 29.8 Å². The van der Waals surface area contributed by atoms with Gasteiger partial charge in [0.15, 0.2) is 0 Å². The summed E-state index contributed by atoms with van der Waals surface area (Å²) < 4.78 is 0. The Bertz CT molecular complexity index is 119. The van der Waals surface area contributed by atoms with Gasteiger partial charge in [0.25, 0.3) is 0 Å². The van der Waals surface area contributed by atoms with Crippen LogP contribution in [0, 0.1) is 0 Å². The zero-order valence-corrected chi connectivity index (χ0v) is 7.76. The van der Waals surface area contributed by atoms with E-state index in [1.165, 1.54) is 19.3 Å². The van der Waals surface area contributed by atoms with Crippen LogP contribution < -0.4 is 0 Å². The Morgan fingerprint density at radius 2 is 1.90 bits per heavy atom. The average molecular weight is 175 g/mol. The molecule has 1 fully saturated rings. The lowest BCUT2D eigenvalue weighted by Crippen LogP contribution is -2.35. The molecule has 0 atom stereocenters. The van der Waals surface area contributed by atoms with Crippen molar-refractivity contribution in [2.45, 2.75) is 19.3 Å². The van der Waals surface area contributed by atoms with Crippen LogP contribution in [-0.2, 0) is 0 Å². The molecule has 1 aliphatic heterocycles. The lowest BCUT2D eigenvalue weighted by Gasteiger charge is -2.28. The molecule has 1 rings (SSSR count). The summed E-state index contributed by atoms with van der Waals surface area (Å²) in [5.41, 5.74) is 0. The highest BCUT2D eigenvalue weighted by Gasteiger charge is 2.10. The van der Waals surface area contributed by atoms with Gasteiger partial charge in [0.05, 0.1) is 4.99 Å². The predicted molar refractivity (Wildman–Crippen MR) is 51.9 cm³/mol. The number of thiocarbonyl (C=S) groups is 1. The van der Waals surface area contributed by atoms with E-state index < -0.39 is 0 Å². The zero-order chi connectivity index (χ0) is 7.40. The molecule has 0 aromatic rings. The molecule has 3 heteroatoms. The number of nitrogens with zero attached hydrogens (tertiary/aromatic N) is 1. The second-order valence-electron chi connectivity index (χ2n) is 2.60. The van der Waals surface area contributed by atoms with Crippen LogP contribution in [0.3, 0.4) is 0 Å². The topological polar surface area (TPSA) is 3.24 Å². The van der Waals surface area contributed by atoms with Crippen LogP contribution in [0.25, 0.3) is 0 Å². The Labute approximate surface area is 73.2 Å². The van der Waals surface area contributed by atoms with Crippen molar-refractivity contribution in [2.24, 2.45) is 0 Å². The van der Waals surface area contributed by atoms with Crippen LogP contribution in [0.15, 0.2) is 0 Å². The van der Waals surface area contributed by atoms with Gasteiger partial charge in [0.2, 0.25) is 0 Å². The predicted octanol–water partition coefficient (Wildman–Crippen LogP) is 1.73. The van der Waals surface area contributed by atoms with Gasteiger partial charge in [-0.1, -0.05) is 12.2 Å². The third-order valence-electron chi connectivity index (χ3n) is 1.84. The molecule has 0 amide bonds. The minimum Gasteiger partial charge on any atom is -0.365 e. The molecule has 0 aromatic carbocycles. The van der Waals surface area contributed by atoms with Crippen LogP contribution in [-0.4, -0.2) is 28.7 Å². The van der Waals surface area contributed by atoms with Crippen molar-refractivity contribution in [2.75, 3.05) is 18.8 Å². The van der Waals surface area contributed by atoms with Crippen molar-refractivity contribution in [3.8, 4) is 0 Å². The molecule has 0 bridgehead atoms. The monoisotopic (exact) mass is 175 g/mol. The zero-order valence-electron chi connectivity index (χ0n) is 6.05. The minimum atomic E-state index is 0.731. The first kappa shape index (κ1) is 8.34. The molecule has 0 spiro atoms. The second kappa shape index (κ2) is 4.19. The van der Waals surface area contributed by atoms with Crippen LogP contribution in [0.1, 0.15) is 19.3 Å². The maximum atomic E-state index is 5.12. The molecule has 58 valence electrons. The summed E-state index contributed by atoms with van der Waals surface area (Å²) in [6.45, 7) is 2.30. The Hall–Kier alpha value is 0.240. The Balaban J connectivity index is 2.31. The van der Waals surface area contributed by atoms with E-state index in [1.807, 2.05) is 0 Å². The highest BCUT2D eigenvalue weighted by Crippen LogP contribution is 2.09. The van der Waals surface area contributed by atoms with Crippen LogP contribution in [0.4, 0.5) is 0 Å². The number of likely N-dealkylation sites (tertiary alicyclic amines) is 1. The molecule has 1 saturated heterocycles. The van der Waals surface area contributed by atoms with E-state index in [9.17, 15) is 0 Å². The molecule has 0 radical (unpaired) electrons. The van der Waals surface area contributed by atoms with E-state index >= 15 is 0 Å². The summed E-state index contributed by atoms with van der Waals surface area (Å²) >= 11 is 9.27. The van der Waals surface area contributed by atoms with E-state index in [0.717, 1.165) is 23.8 Å². The van der Waals surface area contributed by atoms with Gasteiger partial charge in [-0.3, -0.25) is 0 Å². The lowest BCUT2D eigenvalue weighted by atomic mass is 10.1. The number of hydrogen-bond donors (Lipinski definition) is 1. The van der Waals surface area contributed by atoms with Gasteiger partial charge >= 0.3 is 0 Å². The Morgan fingerprint density at radius 1 is 1.30 bits per heavy atom. The number of piperidine rings is 1. The largest absolute Gasteiger partial charge is 0.365 e. The van der Waals surface area contributed by atoms with Gasteiger partial charge in [-0.25, -0.2) is 0 Å². The van der Waals surface area contributed by atoms with Gasteiger partial charge < -0.3 is 4.90 Å². The SMILES string of the molecule is S=C(CS)N1CCCCC1. The minimum absolute atomic E-state index is 0.731.